The predicted octanol–water partition coefficient (Wildman–Crippen LogP) is 3.26. The average molecular weight is 402 g/mol. The zero-order valence-corrected chi connectivity index (χ0v) is 16.4. The minimum Gasteiger partial charge on any atom is -0.486 e. The quantitative estimate of drug-likeness (QED) is 0.791. The van der Waals surface area contributed by atoms with Crippen molar-refractivity contribution in [3.8, 4) is 11.5 Å². The van der Waals surface area contributed by atoms with Gasteiger partial charge in [0.15, 0.2) is 17.3 Å². The largest absolute Gasteiger partial charge is 0.486 e. The molecule has 0 unspecified atom stereocenters. The van der Waals surface area contributed by atoms with Gasteiger partial charge in [-0.2, -0.15) is 0 Å². The summed E-state index contributed by atoms with van der Waals surface area (Å²) < 4.78 is 16.4. The number of thioether (sulfide) groups is 1. The van der Waals surface area contributed by atoms with E-state index < -0.39 is 0 Å². The maximum absolute atomic E-state index is 12.8. The maximum atomic E-state index is 12.8. The number of fused-ring (bicyclic) bond motifs is 1. The molecule has 4 rings (SSSR count). The van der Waals surface area contributed by atoms with Gasteiger partial charge in [0.25, 0.3) is 5.91 Å². The lowest BCUT2D eigenvalue weighted by atomic mass is 9.95. The summed E-state index contributed by atoms with van der Waals surface area (Å²) in [6, 6.07) is 7.09. The first-order valence-corrected chi connectivity index (χ1v) is 10.5. The number of hydrogen-bond acceptors (Lipinski definition) is 6. The molecule has 148 valence electrons. The Kier molecular flexibility index (Phi) is 5.47. The van der Waals surface area contributed by atoms with Crippen LogP contribution in [-0.2, 0) is 4.79 Å². The first kappa shape index (κ1) is 18.7. The van der Waals surface area contributed by atoms with Gasteiger partial charge in [-0.15, -0.1) is 11.8 Å². The fraction of sp³-hybridized carbons (Fsp3) is 0.400. The van der Waals surface area contributed by atoms with E-state index in [0.29, 0.717) is 56.4 Å². The molecular weight excluding hydrogens is 380 g/mol. The molecule has 1 aromatic heterocycles. The normalized spacial score (nSPS) is 16.7. The second kappa shape index (κ2) is 8.18. The van der Waals surface area contributed by atoms with Crippen LogP contribution in [0, 0.1) is 5.92 Å². The number of likely N-dealkylation sites (tertiary alicyclic amines) is 1. The summed E-state index contributed by atoms with van der Waals surface area (Å²) in [5.41, 5.74) is 0.732. The number of amides is 2. The lowest BCUT2D eigenvalue weighted by Gasteiger charge is -2.31. The Bertz CT molecular complexity index is 860. The molecule has 2 aliphatic heterocycles. The van der Waals surface area contributed by atoms with Crippen LogP contribution >= 0.6 is 11.8 Å². The molecule has 2 aliphatic rings. The standard InChI is InChI=1S/C20H22N2O5S/c1-28-18-12-17-16(26-9-10-27-17)11-14(18)21-19(23)13-4-6-22(7-5-13)20(24)15-3-2-8-25-15/h2-3,8,11-13H,4-7,9-10H2,1H3,(H,21,23). The molecule has 0 atom stereocenters. The third-order valence-corrected chi connectivity index (χ3v) is 5.78. The average Bonchev–Trinajstić information content (AvgIpc) is 3.27. The molecule has 0 bridgehead atoms. The highest BCUT2D eigenvalue weighted by Crippen LogP contribution is 2.39. The van der Waals surface area contributed by atoms with Crippen LogP contribution in [0.5, 0.6) is 11.5 Å². The first-order valence-electron chi connectivity index (χ1n) is 9.27. The molecule has 0 aliphatic carbocycles. The van der Waals surface area contributed by atoms with Crippen LogP contribution in [0.15, 0.2) is 39.8 Å². The van der Waals surface area contributed by atoms with Crippen LogP contribution in [0.3, 0.4) is 0 Å². The summed E-state index contributed by atoms with van der Waals surface area (Å²) in [5, 5.41) is 3.04. The summed E-state index contributed by atoms with van der Waals surface area (Å²) in [6.45, 7) is 2.10. The molecule has 1 fully saturated rings. The monoisotopic (exact) mass is 402 g/mol. The Hall–Kier alpha value is -2.61. The Labute approximate surface area is 167 Å². The van der Waals surface area contributed by atoms with Crippen molar-refractivity contribution in [2.75, 3.05) is 37.9 Å². The number of carbonyl (C=O) groups is 2. The Morgan fingerprint density at radius 1 is 1.14 bits per heavy atom. The van der Waals surface area contributed by atoms with Crippen molar-refractivity contribution in [1.29, 1.82) is 0 Å². The van der Waals surface area contributed by atoms with E-state index >= 15 is 0 Å². The molecular formula is C20H22N2O5S. The van der Waals surface area contributed by atoms with Crippen LogP contribution in [-0.4, -0.2) is 49.3 Å². The molecule has 8 heteroatoms. The van der Waals surface area contributed by atoms with E-state index in [1.165, 1.54) is 6.26 Å². The number of piperidine rings is 1. The Balaban J connectivity index is 1.39. The first-order chi connectivity index (χ1) is 13.7. The van der Waals surface area contributed by atoms with Gasteiger partial charge in [0.1, 0.15) is 13.2 Å². The highest BCUT2D eigenvalue weighted by molar-refractivity contribution is 7.98. The van der Waals surface area contributed by atoms with Gasteiger partial charge in [-0.3, -0.25) is 9.59 Å². The molecule has 0 saturated carbocycles. The minimum absolute atomic E-state index is 0.0305. The van der Waals surface area contributed by atoms with Gasteiger partial charge in [-0.05, 0) is 37.3 Å². The van der Waals surface area contributed by atoms with Crippen LogP contribution in [0.4, 0.5) is 5.69 Å². The Morgan fingerprint density at radius 3 is 2.50 bits per heavy atom. The molecule has 1 saturated heterocycles. The highest BCUT2D eigenvalue weighted by atomic mass is 32.2. The van der Waals surface area contributed by atoms with Gasteiger partial charge in [0, 0.05) is 30.0 Å². The van der Waals surface area contributed by atoms with Crippen molar-refractivity contribution in [1.82, 2.24) is 4.90 Å². The van der Waals surface area contributed by atoms with Crippen LogP contribution < -0.4 is 14.8 Å². The predicted molar refractivity (Wildman–Crippen MR) is 105 cm³/mol. The van der Waals surface area contributed by atoms with Crippen molar-refractivity contribution in [3.05, 3.63) is 36.3 Å². The van der Waals surface area contributed by atoms with Gasteiger partial charge in [0.2, 0.25) is 5.91 Å². The molecule has 2 amide bonds. The molecule has 2 aromatic rings. The lowest BCUT2D eigenvalue weighted by Crippen LogP contribution is -2.41. The number of nitrogens with one attached hydrogen (secondary N) is 1. The Morgan fingerprint density at radius 2 is 1.86 bits per heavy atom. The third kappa shape index (κ3) is 3.82. The van der Waals surface area contributed by atoms with Gasteiger partial charge in [-0.1, -0.05) is 0 Å². The fourth-order valence-corrected chi connectivity index (χ4v) is 4.03. The second-order valence-corrected chi connectivity index (χ2v) is 7.58. The van der Waals surface area contributed by atoms with Crippen LogP contribution in [0.25, 0.3) is 0 Å². The minimum atomic E-state index is -0.136. The summed E-state index contributed by atoms with van der Waals surface area (Å²) in [4.78, 5) is 27.8. The van der Waals surface area contributed by atoms with Crippen molar-refractivity contribution in [2.45, 2.75) is 17.7 Å². The second-order valence-electron chi connectivity index (χ2n) is 6.73. The lowest BCUT2D eigenvalue weighted by molar-refractivity contribution is -0.121. The fourth-order valence-electron chi connectivity index (χ4n) is 3.47. The summed E-state index contributed by atoms with van der Waals surface area (Å²) in [5.74, 6) is 1.40. The zero-order valence-electron chi connectivity index (χ0n) is 15.6. The molecule has 28 heavy (non-hydrogen) atoms. The third-order valence-electron chi connectivity index (χ3n) is 5.01. The van der Waals surface area contributed by atoms with E-state index in [1.807, 2.05) is 18.4 Å². The van der Waals surface area contributed by atoms with Gasteiger partial charge in [-0.25, -0.2) is 0 Å². The summed E-state index contributed by atoms with van der Waals surface area (Å²) in [7, 11) is 0. The number of anilines is 1. The van der Waals surface area contributed by atoms with Crippen molar-refractivity contribution in [3.63, 3.8) is 0 Å². The molecule has 0 spiro atoms. The zero-order chi connectivity index (χ0) is 19.5. The molecule has 1 N–H and O–H groups in total. The van der Waals surface area contributed by atoms with E-state index in [2.05, 4.69) is 5.32 Å². The van der Waals surface area contributed by atoms with E-state index in [0.717, 1.165) is 10.6 Å². The molecule has 3 heterocycles. The van der Waals surface area contributed by atoms with Gasteiger partial charge in [0.05, 0.1) is 12.0 Å². The smallest absolute Gasteiger partial charge is 0.289 e. The SMILES string of the molecule is CSc1cc2c(cc1NC(=O)C1CCN(C(=O)c3ccco3)CC1)OCCO2. The van der Waals surface area contributed by atoms with Crippen molar-refractivity contribution >= 4 is 29.3 Å². The number of carbonyl (C=O) groups excluding carboxylic acids is 2. The molecule has 7 nitrogen and oxygen atoms in total. The van der Waals surface area contributed by atoms with E-state index in [-0.39, 0.29) is 17.7 Å². The van der Waals surface area contributed by atoms with E-state index in [1.54, 1.807) is 28.8 Å². The number of hydrogen-bond donors (Lipinski definition) is 1. The van der Waals surface area contributed by atoms with Crippen molar-refractivity contribution in [2.24, 2.45) is 5.92 Å². The maximum Gasteiger partial charge on any atom is 0.289 e. The molecule has 1 aromatic carbocycles. The molecule has 0 radical (unpaired) electrons. The number of ether oxygens (including phenoxy) is 2. The van der Waals surface area contributed by atoms with Crippen molar-refractivity contribution < 1.29 is 23.5 Å². The van der Waals surface area contributed by atoms with Crippen LogP contribution in [0.1, 0.15) is 23.4 Å². The van der Waals surface area contributed by atoms with Gasteiger partial charge < -0.3 is 24.1 Å². The van der Waals surface area contributed by atoms with E-state index in [9.17, 15) is 9.59 Å². The van der Waals surface area contributed by atoms with E-state index in [4.69, 9.17) is 13.9 Å². The van der Waals surface area contributed by atoms with Crippen LogP contribution in [0.2, 0.25) is 0 Å². The topological polar surface area (TPSA) is 81.0 Å². The number of furan rings is 1. The number of benzene rings is 1. The summed E-state index contributed by atoms with van der Waals surface area (Å²) in [6.07, 6.45) is 4.69. The highest BCUT2D eigenvalue weighted by Gasteiger charge is 2.29. The van der Waals surface area contributed by atoms with Gasteiger partial charge >= 0.3 is 0 Å². The number of nitrogens with zero attached hydrogens (tertiary/aromatic N) is 1. The number of rotatable bonds is 4. The summed E-state index contributed by atoms with van der Waals surface area (Å²) >= 11 is 1.55.